The number of rotatable bonds is 5. The van der Waals surface area contributed by atoms with E-state index < -0.39 is 5.97 Å². The van der Waals surface area contributed by atoms with Crippen LogP contribution >= 0.6 is 0 Å². The highest BCUT2D eigenvalue weighted by Gasteiger charge is 2.18. The summed E-state index contributed by atoms with van der Waals surface area (Å²) in [6, 6.07) is 12.7. The van der Waals surface area contributed by atoms with Gasteiger partial charge in [-0.2, -0.15) is 0 Å². The van der Waals surface area contributed by atoms with Gasteiger partial charge in [0.25, 0.3) is 5.91 Å². The van der Waals surface area contributed by atoms with Crippen molar-refractivity contribution in [1.82, 2.24) is 4.90 Å². The lowest BCUT2D eigenvalue weighted by Crippen LogP contribution is -2.31. The van der Waals surface area contributed by atoms with E-state index in [0.29, 0.717) is 36.8 Å². The molecule has 0 unspecified atom stereocenters. The molecule has 136 valence electrons. The van der Waals surface area contributed by atoms with Gasteiger partial charge in [0.05, 0.1) is 5.56 Å². The van der Waals surface area contributed by atoms with Crippen molar-refractivity contribution in [2.45, 2.75) is 13.5 Å². The minimum atomic E-state index is -0.570. The summed E-state index contributed by atoms with van der Waals surface area (Å²) in [6.07, 6.45) is 0. The Morgan fingerprint density at radius 1 is 1.08 bits per heavy atom. The first-order valence-electron chi connectivity index (χ1n) is 8.40. The molecule has 0 saturated carbocycles. The third kappa shape index (κ3) is 4.14. The van der Waals surface area contributed by atoms with Crippen LogP contribution < -0.4 is 9.47 Å². The number of carbonyl (C=O) groups excluding carboxylic acids is 2. The van der Waals surface area contributed by atoms with Crippen LogP contribution in [0.1, 0.15) is 21.5 Å². The maximum absolute atomic E-state index is 12.2. The third-order valence-electron chi connectivity index (χ3n) is 4.20. The van der Waals surface area contributed by atoms with Crippen LogP contribution in [0.5, 0.6) is 11.5 Å². The van der Waals surface area contributed by atoms with Crippen LogP contribution in [0.3, 0.4) is 0 Å². The van der Waals surface area contributed by atoms with Crippen molar-refractivity contribution in [3.63, 3.8) is 0 Å². The first-order chi connectivity index (χ1) is 12.5. The molecular weight excluding hydrogens is 334 g/mol. The Balaban J connectivity index is 1.55. The topological polar surface area (TPSA) is 65.1 Å². The van der Waals surface area contributed by atoms with E-state index in [1.165, 1.54) is 0 Å². The van der Waals surface area contributed by atoms with Crippen molar-refractivity contribution in [2.24, 2.45) is 0 Å². The highest BCUT2D eigenvalue weighted by atomic mass is 16.6. The third-order valence-corrected chi connectivity index (χ3v) is 4.20. The summed E-state index contributed by atoms with van der Waals surface area (Å²) in [5, 5.41) is 0. The van der Waals surface area contributed by atoms with Gasteiger partial charge < -0.3 is 19.1 Å². The van der Waals surface area contributed by atoms with E-state index in [0.717, 1.165) is 11.1 Å². The summed E-state index contributed by atoms with van der Waals surface area (Å²) >= 11 is 0. The van der Waals surface area contributed by atoms with Gasteiger partial charge in [-0.25, -0.2) is 4.79 Å². The first-order valence-corrected chi connectivity index (χ1v) is 8.40. The van der Waals surface area contributed by atoms with Crippen molar-refractivity contribution in [1.29, 1.82) is 0 Å². The number of esters is 1. The number of likely N-dealkylation sites (N-methyl/N-ethyl adjacent to an activating group) is 1. The predicted molar refractivity (Wildman–Crippen MR) is 95.4 cm³/mol. The molecule has 1 heterocycles. The highest BCUT2D eigenvalue weighted by Crippen LogP contribution is 2.30. The summed E-state index contributed by atoms with van der Waals surface area (Å²) in [4.78, 5) is 26.0. The summed E-state index contributed by atoms with van der Waals surface area (Å²) in [7, 11) is 1.69. The zero-order valence-corrected chi connectivity index (χ0v) is 14.9. The van der Waals surface area contributed by atoms with Crippen molar-refractivity contribution in [3.8, 4) is 11.5 Å². The number of hydrogen-bond donors (Lipinski definition) is 0. The SMILES string of the molecule is Cc1ccccc1CN(C)C(=O)COC(=O)c1ccc2c(c1)OCCO2. The Bertz CT molecular complexity index is 818. The minimum absolute atomic E-state index is 0.265. The Morgan fingerprint density at radius 3 is 2.58 bits per heavy atom. The summed E-state index contributed by atoms with van der Waals surface area (Å²) in [5.41, 5.74) is 2.49. The Morgan fingerprint density at radius 2 is 1.81 bits per heavy atom. The second-order valence-corrected chi connectivity index (χ2v) is 6.11. The average molecular weight is 355 g/mol. The standard InChI is InChI=1S/C20H21NO5/c1-14-5-3-4-6-16(14)12-21(2)19(22)13-26-20(23)15-7-8-17-18(11-15)25-10-9-24-17/h3-8,11H,9-10,12-13H2,1-2H3. The Hall–Kier alpha value is -3.02. The molecule has 1 amide bonds. The van der Waals surface area contributed by atoms with Crippen LogP contribution in [0, 0.1) is 6.92 Å². The number of nitrogens with zero attached hydrogens (tertiary/aromatic N) is 1. The van der Waals surface area contributed by atoms with Gasteiger partial charge in [-0.1, -0.05) is 24.3 Å². The molecule has 26 heavy (non-hydrogen) atoms. The molecule has 2 aromatic carbocycles. The van der Waals surface area contributed by atoms with Crippen LogP contribution in [0.25, 0.3) is 0 Å². The van der Waals surface area contributed by atoms with E-state index in [4.69, 9.17) is 14.2 Å². The van der Waals surface area contributed by atoms with Crippen molar-refractivity contribution in [2.75, 3.05) is 26.9 Å². The second-order valence-electron chi connectivity index (χ2n) is 6.11. The van der Waals surface area contributed by atoms with Crippen LogP contribution in [0.2, 0.25) is 0 Å². The summed E-state index contributed by atoms with van der Waals surface area (Å²) in [5.74, 6) is 0.272. The minimum Gasteiger partial charge on any atom is -0.486 e. The van der Waals surface area contributed by atoms with Gasteiger partial charge in [-0.3, -0.25) is 4.79 Å². The van der Waals surface area contributed by atoms with Crippen LogP contribution in [0.4, 0.5) is 0 Å². The fourth-order valence-corrected chi connectivity index (χ4v) is 2.62. The normalized spacial score (nSPS) is 12.4. The zero-order chi connectivity index (χ0) is 18.5. The number of aryl methyl sites for hydroxylation is 1. The molecule has 0 bridgehead atoms. The maximum atomic E-state index is 12.2. The molecule has 0 fully saturated rings. The van der Waals surface area contributed by atoms with Crippen LogP contribution in [-0.2, 0) is 16.1 Å². The average Bonchev–Trinajstić information content (AvgIpc) is 2.67. The van der Waals surface area contributed by atoms with E-state index in [2.05, 4.69) is 0 Å². The number of ether oxygens (including phenoxy) is 3. The molecule has 0 saturated heterocycles. The molecule has 1 aliphatic rings. The van der Waals surface area contributed by atoms with Crippen molar-refractivity contribution < 1.29 is 23.8 Å². The molecule has 6 nitrogen and oxygen atoms in total. The lowest BCUT2D eigenvalue weighted by Gasteiger charge is -2.19. The first kappa shape index (κ1) is 17.8. The van der Waals surface area contributed by atoms with E-state index in [1.54, 1.807) is 30.1 Å². The lowest BCUT2D eigenvalue weighted by molar-refractivity contribution is -0.133. The lowest BCUT2D eigenvalue weighted by atomic mass is 10.1. The van der Waals surface area contributed by atoms with Gasteiger partial charge in [0.15, 0.2) is 18.1 Å². The summed E-state index contributed by atoms with van der Waals surface area (Å²) < 4.78 is 16.0. The van der Waals surface area contributed by atoms with E-state index in [9.17, 15) is 9.59 Å². The fourth-order valence-electron chi connectivity index (χ4n) is 2.62. The van der Waals surface area contributed by atoms with Crippen molar-refractivity contribution >= 4 is 11.9 Å². The molecule has 0 radical (unpaired) electrons. The molecule has 0 atom stereocenters. The molecule has 3 rings (SSSR count). The van der Waals surface area contributed by atoms with E-state index in [-0.39, 0.29) is 12.5 Å². The zero-order valence-electron chi connectivity index (χ0n) is 14.9. The summed E-state index contributed by atoms with van der Waals surface area (Å²) in [6.45, 7) is 3.07. The van der Waals surface area contributed by atoms with Crippen molar-refractivity contribution in [3.05, 3.63) is 59.2 Å². The quantitative estimate of drug-likeness (QED) is 0.772. The monoisotopic (exact) mass is 355 g/mol. The molecule has 6 heteroatoms. The predicted octanol–water partition coefficient (Wildman–Crippen LogP) is 2.58. The smallest absolute Gasteiger partial charge is 0.338 e. The van der Waals surface area contributed by atoms with Gasteiger partial charge in [0.2, 0.25) is 0 Å². The fraction of sp³-hybridized carbons (Fsp3) is 0.300. The molecule has 1 aliphatic heterocycles. The molecule has 0 spiro atoms. The Kier molecular flexibility index (Phi) is 5.41. The molecule has 0 aromatic heterocycles. The molecule has 0 N–H and O–H groups in total. The van der Waals surface area contributed by atoms with Crippen LogP contribution in [0.15, 0.2) is 42.5 Å². The Labute approximate surface area is 152 Å². The van der Waals surface area contributed by atoms with Gasteiger partial charge in [-0.15, -0.1) is 0 Å². The maximum Gasteiger partial charge on any atom is 0.338 e. The number of fused-ring (bicyclic) bond motifs is 1. The van der Waals surface area contributed by atoms with Gasteiger partial charge >= 0.3 is 5.97 Å². The second kappa shape index (κ2) is 7.91. The number of benzene rings is 2. The van der Waals surface area contributed by atoms with Gasteiger partial charge in [-0.05, 0) is 36.2 Å². The number of hydrogen-bond acceptors (Lipinski definition) is 5. The molecular formula is C20H21NO5. The van der Waals surface area contributed by atoms with E-state index in [1.807, 2.05) is 31.2 Å². The molecule has 2 aromatic rings. The molecule has 0 aliphatic carbocycles. The van der Waals surface area contributed by atoms with Gasteiger partial charge in [0, 0.05) is 13.6 Å². The van der Waals surface area contributed by atoms with Gasteiger partial charge in [0.1, 0.15) is 13.2 Å². The van der Waals surface area contributed by atoms with E-state index >= 15 is 0 Å². The largest absolute Gasteiger partial charge is 0.486 e. The highest BCUT2D eigenvalue weighted by molar-refractivity contribution is 5.92. The number of amides is 1. The van der Waals surface area contributed by atoms with Crippen LogP contribution in [-0.4, -0.2) is 43.6 Å². The number of carbonyl (C=O) groups is 2.